The number of hydrogen-bond acceptors (Lipinski definition) is 0. The predicted octanol–water partition coefficient (Wildman–Crippen LogP) is 13.5. The molecule has 238 valence electrons. The highest BCUT2D eigenvalue weighted by Crippen LogP contribution is 2.34. The first-order valence-electron chi connectivity index (χ1n) is 16.7. The molecule has 47 heavy (non-hydrogen) atoms. The smallest absolute Gasteiger partial charge is 0.0240 e. The Morgan fingerprint density at radius 2 is 1.34 bits per heavy atom. The van der Waals surface area contributed by atoms with Crippen molar-refractivity contribution in [3.05, 3.63) is 222 Å². The van der Waals surface area contributed by atoms with Crippen LogP contribution in [0.5, 0.6) is 0 Å². The van der Waals surface area contributed by atoms with Crippen LogP contribution in [0, 0.1) is 0 Å². The van der Waals surface area contributed by atoms with Crippen molar-refractivity contribution in [3.8, 4) is 11.1 Å². The standard InChI is InChI=1S/C39H38.C6H6.C2H6/c1-4-5-6-10-19-39(38-20-13-15-32(38)3)37-29-25-34(26-30-37)22-21-31(2)14-11-12-16-33-23-27-36(28-24-33)35-17-8-7-9-18-35;1-2-4-6-5-3-1;1-2/h4-15,17-19,21-30,39H,1,16,20H2,2-3H3;1-6H;1-2H3/b6-5-,12-11+,19-10-,22-21-,31-14-;;. The Morgan fingerprint density at radius 3 is 1.94 bits per heavy atom. The average molecular weight is 615 g/mol. The monoisotopic (exact) mass is 614 g/mol. The van der Waals surface area contributed by atoms with Gasteiger partial charge in [0.15, 0.2) is 0 Å². The van der Waals surface area contributed by atoms with Gasteiger partial charge in [0.2, 0.25) is 0 Å². The van der Waals surface area contributed by atoms with E-state index in [-0.39, 0.29) is 5.92 Å². The first kappa shape index (κ1) is 36.3. The molecule has 0 heteroatoms. The summed E-state index contributed by atoms with van der Waals surface area (Å²) in [6.07, 6.45) is 27.6. The van der Waals surface area contributed by atoms with Gasteiger partial charge in [0.25, 0.3) is 0 Å². The molecule has 0 radical (unpaired) electrons. The molecule has 0 bridgehead atoms. The molecule has 0 heterocycles. The molecule has 0 spiro atoms. The van der Waals surface area contributed by atoms with Gasteiger partial charge in [-0.15, -0.1) is 0 Å². The van der Waals surface area contributed by atoms with Gasteiger partial charge in [0.1, 0.15) is 0 Å². The van der Waals surface area contributed by atoms with E-state index in [9.17, 15) is 0 Å². The van der Waals surface area contributed by atoms with Crippen molar-refractivity contribution in [2.45, 2.75) is 46.5 Å². The lowest BCUT2D eigenvalue weighted by atomic mass is 9.87. The molecule has 4 aromatic rings. The minimum absolute atomic E-state index is 0.286. The van der Waals surface area contributed by atoms with Crippen LogP contribution in [0.25, 0.3) is 17.2 Å². The number of benzene rings is 4. The Bertz CT molecular complexity index is 1640. The van der Waals surface area contributed by atoms with E-state index in [1.54, 1.807) is 6.08 Å². The van der Waals surface area contributed by atoms with Crippen LogP contribution in [0.3, 0.4) is 0 Å². The number of allylic oxidation sites excluding steroid dienone is 14. The normalized spacial score (nSPS) is 13.6. The fraction of sp³-hybridized carbons (Fsp3) is 0.149. The molecule has 0 nitrogen and oxygen atoms in total. The maximum absolute atomic E-state index is 3.75. The van der Waals surface area contributed by atoms with Crippen molar-refractivity contribution in [1.29, 1.82) is 0 Å². The third kappa shape index (κ3) is 13.0. The van der Waals surface area contributed by atoms with Crippen molar-refractivity contribution < 1.29 is 0 Å². The van der Waals surface area contributed by atoms with Crippen LogP contribution in [-0.4, -0.2) is 0 Å². The topological polar surface area (TPSA) is 0 Å². The van der Waals surface area contributed by atoms with Gasteiger partial charge in [-0.25, -0.2) is 0 Å². The highest BCUT2D eigenvalue weighted by atomic mass is 14.2. The molecular weight excluding hydrogens is 565 g/mol. The Labute approximate surface area is 284 Å². The van der Waals surface area contributed by atoms with E-state index in [1.807, 2.05) is 62.4 Å². The summed E-state index contributed by atoms with van der Waals surface area (Å²) in [5.74, 6) is 0.286. The van der Waals surface area contributed by atoms with Gasteiger partial charge in [0.05, 0.1) is 0 Å². The van der Waals surface area contributed by atoms with Crippen molar-refractivity contribution in [3.63, 3.8) is 0 Å². The highest BCUT2D eigenvalue weighted by molar-refractivity contribution is 5.63. The molecule has 0 amide bonds. The van der Waals surface area contributed by atoms with Crippen molar-refractivity contribution >= 4 is 6.08 Å². The SMILES string of the molecule is C=C/C=C\C=C/C(C1=C(C)C=CC1)c1ccc(\C=C/C(C)=C\C=C\Cc2ccc(-c3ccccc3)cc2)cc1.CC.c1ccccc1. The molecule has 0 saturated heterocycles. The van der Waals surface area contributed by atoms with E-state index in [0.717, 1.165) is 12.8 Å². The predicted molar refractivity (Wildman–Crippen MR) is 209 cm³/mol. The third-order valence-electron chi connectivity index (χ3n) is 7.66. The summed E-state index contributed by atoms with van der Waals surface area (Å²) >= 11 is 0. The largest absolute Gasteiger partial charge is 0.0991 e. The Balaban J connectivity index is 0.000000664. The molecule has 4 aromatic carbocycles. The lowest BCUT2D eigenvalue weighted by Gasteiger charge is -2.17. The van der Waals surface area contributed by atoms with Crippen LogP contribution in [0.1, 0.15) is 56.7 Å². The van der Waals surface area contributed by atoms with E-state index < -0.39 is 0 Å². The van der Waals surface area contributed by atoms with Gasteiger partial charge in [-0.05, 0) is 54.5 Å². The van der Waals surface area contributed by atoms with E-state index in [1.165, 1.54) is 44.5 Å². The first-order chi connectivity index (χ1) is 23.1. The third-order valence-corrected chi connectivity index (χ3v) is 7.66. The highest BCUT2D eigenvalue weighted by Gasteiger charge is 2.17. The van der Waals surface area contributed by atoms with Gasteiger partial charge >= 0.3 is 0 Å². The second kappa shape index (κ2) is 21.5. The summed E-state index contributed by atoms with van der Waals surface area (Å²) in [6.45, 7) is 12.1. The summed E-state index contributed by atoms with van der Waals surface area (Å²) in [6, 6.07) is 40.3. The molecule has 0 aromatic heterocycles. The van der Waals surface area contributed by atoms with Crippen LogP contribution in [0.15, 0.2) is 205 Å². The quantitative estimate of drug-likeness (QED) is 0.147. The first-order valence-corrected chi connectivity index (χ1v) is 16.7. The van der Waals surface area contributed by atoms with Gasteiger partial charge in [-0.1, -0.05) is 225 Å². The minimum Gasteiger partial charge on any atom is -0.0991 e. The average Bonchev–Trinajstić information content (AvgIpc) is 3.57. The summed E-state index contributed by atoms with van der Waals surface area (Å²) in [5.41, 5.74) is 10.4. The van der Waals surface area contributed by atoms with Crippen LogP contribution < -0.4 is 0 Å². The van der Waals surface area contributed by atoms with E-state index >= 15 is 0 Å². The molecule has 1 aliphatic carbocycles. The zero-order valence-electron chi connectivity index (χ0n) is 28.6. The van der Waals surface area contributed by atoms with Crippen molar-refractivity contribution in [2.24, 2.45) is 0 Å². The zero-order valence-corrected chi connectivity index (χ0v) is 28.6. The fourth-order valence-corrected chi connectivity index (χ4v) is 5.12. The number of hydrogen-bond donors (Lipinski definition) is 0. The zero-order chi connectivity index (χ0) is 33.5. The van der Waals surface area contributed by atoms with Gasteiger partial charge in [-0.3, -0.25) is 0 Å². The molecule has 5 rings (SSSR count). The lowest BCUT2D eigenvalue weighted by Crippen LogP contribution is -2.00. The maximum Gasteiger partial charge on any atom is 0.0240 e. The summed E-state index contributed by atoms with van der Waals surface area (Å²) in [4.78, 5) is 0. The van der Waals surface area contributed by atoms with Crippen molar-refractivity contribution in [2.75, 3.05) is 0 Å². The van der Waals surface area contributed by atoms with Gasteiger partial charge in [-0.2, -0.15) is 0 Å². The Hall–Kier alpha value is -5.20. The second-order valence-corrected chi connectivity index (χ2v) is 11.1. The molecule has 1 aliphatic rings. The fourth-order valence-electron chi connectivity index (χ4n) is 5.12. The van der Waals surface area contributed by atoms with Crippen molar-refractivity contribution in [1.82, 2.24) is 0 Å². The van der Waals surface area contributed by atoms with Crippen LogP contribution >= 0.6 is 0 Å². The summed E-state index contributed by atoms with van der Waals surface area (Å²) in [5, 5.41) is 0. The lowest BCUT2D eigenvalue weighted by molar-refractivity contribution is 0.943. The molecule has 1 unspecified atom stereocenters. The van der Waals surface area contributed by atoms with Crippen LogP contribution in [-0.2, 0) is 6.42 Å². The maximum atomic E-state index is 3.75. The molecule has 0 aliphatic heterocycles. The van der Waals surface area contributed by atoms with E-state index in [4.69, 9.17) is 0 Å². The van der Waals surface area contributed by atoms with Crippen LogP contribution in [0.4, 0.5) is 0 Å². The second-order valence-electron chi connectivity index (χ2n) is 11.1. The Morgan fingerprint density at radius 1 is 0.723 bits per heavy atom. The molecule has 0 saturated carbocycles. The van der Waals surface area contributed by atoms with Gasteiger partial charge < -0.3 is 0 Å². The summed E-state index contributed by atoms with van der Waals surface area (Å²) in [7, 11) is 0. The number of rotatable bonds is 11. The van der Waals surface area contributed by atoms with E-state index in [2.05, 4.69) is 154 Å². The van der Waals surface area contributed by atoms with Gasteiger partial charge in [0, 0.05) is 5.92 Å². The Kier molecular flexibility index (Phi) is 16.6. The van der Waals surface area contributed by atoms with E-state index in [0.29, 0.717) is 0 Å². The molecule has 0 fully saturated rings. The summed E-state index contributed by atoms with van der Waals surface area (Å²) < 4.78 is 0. The molecule has 0 N–H and O–H groups in total. The molecule has 1 atom stereocenters. The molecular formula is C47H50. The minimum atomic E-state index is 0.286. The van der Waals surface area contributed by atoms with Crippen LogP contribution in [0.2, 0.25) is 0 Å².